The van der Waals surface area contributed by atoms with E-state index in [1.54, 1.807) is 19.2 Å². The van der Waals surface area contributed by atoms with Gasteiger partial charge in [-0.25, -0.2) is 0 Å². The van der Waals surface area contributed by atoms with Gasteiger partial charge in [0.15, 0.2) is 5.06 Å². The summed E-state index contributed by atoms with van der Waals surface area (Å²) < 4.78 is 6.08. The summed E-state index contributed by atoms with van der Waals surface area (Å²) in [6.07, 6.45) is 0. The van der Waals surface area contributed by atoms with Crippen molar-refractivity contribution in [3.05, 3.63) is 18.2 Å². The van der Waals surface area contributed by atoms with E-state index in [-0.39, 0.29) is 5.06 Å². The number of hydrogen-bond donors (Lipinski definition) is 2. The molecule has 1 aromatic heterocycles. The molecule has 4 heteroatoms. The Kier molecular flexibility index (Phi) is 1.77. The summed E-state index contributed by atoms with van der Waals surface area (Å²) in [5.74, 6) is 0.701. The highest BCUT2D eigenvalue weighted by molar-refractivity contribution is 7.20. The van der Waals surface area contributed by atoms with Crippen LogP contribution in [0.15, 0.2) is 18.2 Å². The Balaban J connectivity index is 2.80. The third-order valence-electron chi connectivity index (χ3n) is 1.83. The van der Waals surface area contributed by atoms with Crippen LogP contribution >= 0.6 is 11.3 Å². The van der Waals surface area contributed by atoms with Crippen molar-refractivity contribution in [2.45, 2.75) is 0 Å². The predicted molar refractivity (Wildman–Crippen MR) is 54.5 cm³/mol. The van der Waals surface area contributed by atoms with Crippen LogP contribution in [-0.2, 0) is 0 Å². The number of rotatable bonds is 1. The molecule has 0 aliphatic carbocycles. The number of aromatic hydroxyl groups is 1. The van der Waals surface area contributed by atoms with Gasteiger partial charge in [0.1, 0.15) is 5.75 Å². The summed E-state index contributed by atoms with van der Waals surface area (Å²) in [5, 5.41) is 10.5. The highest BCUT2D eigenvalue weighted by Crippen LogP contribution is 2.37. The summed E-state index contributed by atoms with van der Waals surface area (Å²) in [7, 11) is 1.59. The van der Waals surface area contributed by atoms with Crippen LogP contribution in [0.5, 0.6) is 10.8 Å². The molecule has 0 amide bonds. The molecule has 0 aliphatic heterocycles. The van der Waals surface area contributed by atoms with Gasteiger partial charge in [0.05, 0.1) is 7.11 Å². The van der Waals surface area contributed by atoms with Gasteiger partial charge in [-0.3, -0.25) is 0 Å². The number of thiophene rings is 1. The fraction of sp³-hybridized carbons (Fsp3) is 0.111. The maximum atomic E-state index is 9.29. The smallest absolute Gasteiger partial charge is 0.172 e. The zero-order chi connectivity index (χ0) is 9.42. The summed E-state index contributed by atoms with van der Waals surface area (Å²) >= 11 is 1.29. The van der Waals surface area contributed by atoms with E-state index in [4.69, 9.17) is 10.5 Å². The summed E-state index contributed by atoms with van der Waals surface area (Å²) in [6.45, 7) is 0. The number of ether oxygens (including phenoxy) is 1. The van der Waals surface area contributed by atoms with E-state index in [1.807, 2.05) is 6.07 Å². The van der Waals surface area contributed by atoms with Crippen LogP contribution in [0.4, 0.5) is 5.69 Å². The van der Waals surface area contributed by atoms with Gasteiger partial charge in [0.2, 0.25) is 0 Å². The Labute approximate surface area is 79.4 Å². The standard InChI is InChI=1S/C9H9NO2S/c1-12-7-2-5(10)3-8-6(7)4-9(11)13-8/h2-4,11H,10H2,1H3. The monoisotopic (exact) mass is 195 g/mol. The fourth-order valence-corrected chi connectivity index (χ4v) is 2.15. The minimum absolute atomic E-state index is 0.277. The molecule has 0 saturated heterocycles. The molecule has 1 aromatic carbocycles. The van der Waals surface area contributed by atoms with E-state index in [0.717, 1.165) is 10.1 Å². The SMILES string of the molecule is COc1cc(N)cc2sc(O)cc12. The van der Waals surface area contributed by atoms with Crippen molar-refractivity contribution in [2.24, 2.45) is 0 Å². The quantitative estimate of drug-likeness (QED) is 0.686. The van der Waals surface area contributed by atoms with Crippen molar-refractivity contribution in [1.82, 2.24) is 0 Å². The minimum atomic E-state index is 0.277. The number of benzene rings is 1. The van der Waals surface area contributed by atoms with Gasteiger partial charge >= 0.3 is 0 Å². The molecule has 13 heavy (non-hydrogen) atoms. The molecule has 3 N–H and O–H groups in total. The fourth-order valence-electron chi connectivity index (χ4n) is 1.28. The van der Waals surface area contributed by atoms with Crippen LogP contribution < -0.4 is 10.5 Å². The molecule has 3 nitrogen and oxygen atoms in total. The predicted octanol–water partition coefficient (Wildman–Crippen LogP) is 2.20. The molecule has 1 heterocycles. The Hall–Kier alpha value is -1.42. The minimum Gasteiger partial charge on any atom is -0.499 e. The van der Waals surface area contributed by atoms with Crippen LogP contribution in [0.25, 0.3) is 10.1 Å². The van der Waals surface area contributed by atoms with E-state index >= 15 is 0 Å². The molecule has 0 fully saturated rings. The van der Waals surface area contributed by atoms with Crippen LogP contribution in [-0.4, -0.2) is 12.2 Å². The van der Waals surface area contributed by atoms with Crippen LogP contribution in [0.1, 0.15) is 0 Å². The molecule has 0 spiro atoms. The first kappa shape index (κ1) is 8.19. The van der Waals surface area contributed by atoms with Crippen molar-refractivity contribution in [3.8, 4) is 10.8 Å². The molecule has 0 radical (unpaired) electrons. The van der Waals surface area contributed by atoms with Crippen molar-refractivity contribution < 1.29 is 9.84 Å². The zero-order valence-corrected chi connectivity index (χ0v) is 7.89. The lowest BCUT2D eigenvalue weighted by atomic mass is 10.2. The lowest BCUT2D eigenvalue weighted by Crippen LogP contribution is -1.87. The van der Waals surface area contributed by atoms with E-state index in [9.17, 15) is 5.11 Å². The van der Waals surface area contributed by atoms with Crippen molar-refractivity contribution in [3.63, 3.8) is 0 Å². The topological polar surface area (TPSA) is 55.5 Å². The van der Waals surface area contributed by atoms with Gasteiger partial charge in [0.25, 0.3) is 0 Å². The molecular weight excluding hydrogens is 186 g/mol. The highest BCUT2D eigenvalue weighted by atomic mass is 32.1. The van der Waals surface area contributed by atoms with E-state index < -0.39 is 0 Å². The van der Waals surface area contributed by atoms with Gasteiger partial charge in [-0.1, -0.05) is 11.3 Å². The second-order valence-electron chi connectivity index (χ2n) is 2.72. The first-order chi connectivity index (χ1) is 6.20. The lowest BCUT2D eigenvalue weighted by Gasteiger charge is -2.02. The second kappa shape index (κ2) is 2.81. The van der Waals surface area contributed by atoms with Crippen molar-refractivity contribution in [1.29, 1.82) is 0 Å². The van der Waals surface area contributed by atoms with Crippen molar-refractivity contribution >= 4 is 27.1 Å². The Morgan fingerprint density at radius 1 is 1.38 bits per heavy atom. The average Bonchev–Trinajstić information content (AvgIpc) is 2.43. The molecule has 0 bridgehead atoms. The van der Waals surface area contributed by atoms with Gasteiger partial charge in [-0.15, -0.1) is 0 Å². The van der Waals surface area contributed by atoms with Crippen LogP contribution in [0.3, 0.4) is 0 Å². The Bertz CT molecular complexity index is 450. The van der Waals surface area contributed by atoms with Crippen molar-refractivity contribution in [2.75, 3.05) is 12.8 Å². The first-order valence-corrected chi connectivity index (χ1v) is 4.58. The van der Waals surface area contributed by atoms with E-state index in [0.29, 0.717) is 11.4 Å². The van der Waals surface area contributed by atoms with Crippen LogP contribution in [0, 0.1) is 0 Å². The molecule has 2 rings (SSSR count). The maximum absolute atomic E-state index is 9.29. The normalized spacial score (nSPS) is 10.5. The number of hydrogen-bond acceptors (Lipinski definition) is 4. The molecular formula is C9H9NO2S. The molecule has 2 aromatic rings. The molecule has 68 valence electrons. The third-order valence-corrected chi connectivity index (χ3v) is 2.71. The maximum Gasteiger partial charge on any atom is 0.172 e. The lowest BCUT2D eigenvalue weighted by molar-refractivity contribution is 0.420. The van der Waals surface area contributed by atoms with Gasteiger partial charge in [0, 0.05) is 27.9 Å². The Morgan fingerprint density at radius 3 is 2.85 bits per heavy atom. The van der Waals surface area contributed by atoms with Crippen LogP contribution in [0.2, 0.25) is 0 Å². The number of anilines is 1. The molecule has 0 unspecified atom stereocenters. The Morgan fingerprint density at radius 2 is 2.15 bits per heavy atom. The van der Waals surface area contributed by atoms with E-state index in [1.165, 1.54) is 11.3 Å². The number of nitrogen functional groups attached to an aromatic ring is 1. The molecule has 0 atom stereocenters. The van der Waals surface area contributed by atoms with Gasteiger partial charge in [-0.05, 0) is 6.07 Å². The highest BCUT2D eigenvalue weighted by Gasteiger charge is 2.06. The first-order valence-electron chi connectivity index (χ1n) is 3.76. The molecule has 0 aliphatic rings. The summed E-state index contributed by atoms with van der Waals surface area (Å²) in [4.78, 5) is 0. The zero-order valence-electron chi connectivity index (χ0n) is 7.07. The number of nitrogens with two attached hydrogens (primary N) is 1. The average molecular weight is 195 g/mol. The number of fused-ring (bicyclic) bond motifs is 1. The summed E-state index contributed by atoms with van der Waals surface area (Å²) in [6, 6.07) is 5.25. The second-order valence-corrected chi connectivity index (χ2v) is 3.78. The van der Waals surface area contributed by atoms with Gasteiger partial charge < -0.3 is 15.6 Å². The number of methoxy groups -OCH3 is 1. The van der Waals surface area contributed by atoms with Gasteiger partial charge in [-0.2, -0.15) is 0 Å². The molecule has 0 saturated carbocycles. The summed E-state index contributed by atoms with van der Waals surface area (Å²) in [5.41, 5.74) is 6.30. The van der Waals surface area contributed by atoms with E-state index in [2.05, 4.69) is 0 Å². The largest absolute Gasteiger partial charge is 0.499 e. The third kappa shape index (κ3) is 1.29.